The third kappa shape index (κ3) is 3.41. The number of aromatic nitrogens is 3. The molecule has 0 unspecified atom stereocenters. The number of carbonyl (C=O) groups is 1. The number of amides is 1. The molecule has 2 aromatic rings. The van der Waals surface area contributed by atoms with Gasteiger partial charge in [-0.15, -0.1) is 0 Å². The number of fused-ring (bicyclic) bond motifs is 1. The van der Waals surface area contributed by atoms with Crippen LogP contribution in [0, 0.1) is 6.92 Å². The largest absolute Gasteiger partial charge is 0.356 e. The van der Waals surface area contributed by atoms with E-state index >= 15 is 0 Å². The van der Waals surface area contributed by atoms with Crippen molar-refractivity contribution in [3.05, 3.63) is 47.2 Å². The highest BCUT2D eigenvalue weighted by Gasteiger charge is 2.28. The first-order valence-corrected chi connectivity index (χ1v) is 9.53. The molecule has 1 amide bonds. The average Bonchev–Trinajstić information content (AvgIpc) is 2.96. The lowest BCUT2D eigenvalue weighted by atomic mass is 10.0. The molecular formula is C20H25N5O. The summed E-state index contributed by atoms with van der Waals surface area (Å²) in [5, 5.41) is 0. The van der Waals surface area contributed by atoms with Gasteiger partial charge in [0.1, 0.15) is 11.6 Å². The first kappa shape index (κ1) is 16.9. The minimum atomic E-state index is 0.0335. The van der Waals surface area contributed by atoms with Gasteiger partial charge in [-0.2, -0.15) is 0 Å². The van der Waals surface area contributed by atoms with Gasteiger partial charge in [-0.25, -0.2) is 9.97 Å². The second-order valence-corrected chi connectivity index (χ2v) is 7.14. The van der Waals surface area contributed by atoms with Gasteiger partial charge in [-0.05, 0) is 31.9 Å². The average molecular weight is 351 g/mol. The monoisotopic (exact) mass is 351 g/mol. The molecule has 6 nitrogen and oxygen atoms in total. The van der Waals surface area contributed by atoms with Gasteiger partial charge in [0.15, 0.2) is 0 Å². The molecule has 0 aromatic carbocycles. The van der Waals surface area contributed by atoms with Crippen molar-refractivity contribution in [2.45, 2.75) is 45.6 Å². The van der Waals surface area contributed by atoms with E-state index in [0.717, 1.165) is 42.4 Å². The molecule has 2 aliphatic rings. The predicted octanol–water partition coefficient (Wildman–Crippen LogP) is 2.76. The molecule has 4 rings (SSSR count). The number of hydrogen-bond donors (Lipinski definition) is 0. The van der Waals surface area contributed by atoms with Gasteiger partial charge < -0.3 is 9.80 Å². The van der Waals surface area contributed by atoms with E-state index in [1.54, 1.807) is 18.5 Å². The summed E-state index contributed by atoms with van der Waals surface area (Å²) < 4.78 is 0. The van der Waals surface area contributed by atoms with Crippen molar-refractivity contribution >= 4 is 11.7 Å². The predicted molar refractivity (Wildman–Crippen MR) is 100 cm³/mol. The summed E-state index contributed by atoms with van der Waals surface area (Å²) in [5.41, 5.74) is 2.87. The van der Waals surface area contributed by atoms with Crippen LogP contribution in [0.2, 0.25) is 0 Å². The van der Waals surface area contributed by atoms with Crippen LogP contribution in [0.15, 0.2) is 24.5 Å². The number of rotatable bonds is 2. The normalized spacial score (nSPS) is 17.6. The summed E-state index contributed by atoms with van der Waals surface area (Å²) in [6.45, 7) is 5.32. The van der Waals surface area contributed by atoms with Gasteiger partial charge in [0.2, 0.25) is 0 Å². The maximum atomic E-state index is 12.9. The molecule has 4 heterocycles. The van der Waals surface area contributed by atoms with E-state index in [0.29, 0.717) is 18.7 Å². The van der Waals surface area contributed by atoms with Crippen molar-refractivity contribution in [2.75, 3.05) is 24.5 Å². The fourth-order valence-corrected chi connectivity index (χ4v) is 3.91. The molecular weight excluding hydrogens is 326 g/mol. The van der Waals surface area contributed by atoms with Crippen LogP contribution in [0.1, 0.15) is 53.1 Å². The Morgan fingerprint density at radius 2 is 1.88 bits per heavy atom. The third-order valence-electron chi connectivity index (χ3n) is 5.25. The van der Waals surface area contributed by atoms with Crippen molar-refractivity contribution < 1.29 is 4.79 Å². The van der Waals surface area contributed by atoms with Crippen molar-refractivity contribution in [3.8, 4) is 0 Å². The van der Waals surface area contributed by atoms with E-state index < -0.39 is 0 Å². The molecule has 0 aliphatic carbocycles. The molecule has 26 heavy (non-hydrogen) atoms. The zero-order valence-corrected chi connectivity index (χ0v) is 15.3. The number of hydrogen-bond acceptors (Lipinski definition) is 5. The molecule has 0 N–H and O–H groups in total. The summed E-state index contributed by atoms with van der Waals surface area (Å²) >= 11 is 0. The molecule has 0 saturated carbocycles. The Labute approximate surface area is 154 Å². The Bertz CT molecular complexity index is 784. The van der Waals surface area contributed by atoms with Crippen LogP contribution in [-0.2, 0) is 13.0 Å². The number of nitrogens with zero attached hydrogens (tertiary/aromatic N) is 5. The smallest absolute Gasteiger partial charge is 0.255 e. The van der Waals surface area contributed by atoms with Gasteiger partial charge in [0, 0.05) is 44.0 Å². The number of aryl methyl sites for hydroxylation is 1. The second kappa shape index (κ2) is 7.40. The topological polar surface area (TPSA) is 62.2 Å². The van der Waals surface area contributed by atoms with Crippen LogP contribution in [0.4, 0.5) is 5.82 Å². The zero-order valence-electron chi connectivity index (χ0n) is 15.3. The minimum absolute atomic E-state index is 0.0335. The van der Waals surface area contributed by atoms with Crippen molar-refractivity contribution in [1.82, 2.24) is 19.9 Å². The van der Waals surface area contributed by atoms with Gasteiger partial charge >= 0.3 is 0 Å². The Hall–Kier alpha value is -2.50. The fourth-order valence-electron chi connectivity index (χ4n) is 3.91. The molecule has 2 aliphatic heterocycles. The van der Waals surface area contributed by atoms with E-state index in [4.69, 9.17) is 4.98 Å². The summed E-state index contributed by atoms with van der Waals surface area (Å²) in [4.78, 5) is 30.7. The molecule has 2 aromatic heterocycles. The summed E-state index contributed by atoms with van der Waals surface area (Å²) in [6.07, 6.45) is 9.09. The van der Waals surface area contributed by atoms with Gasteiger partial charge in [-0.3, -0.25) is 9.78 Å². The molecule has 136 valence electrons. The Balaban J connectivity index is 1.64. The molecule has 1 fully saturated rings. The molecule has 0 atom stereocenters. The van der Waals surface area contributed by atoms with E-state index in [2.05, 4.69) is 14.9 Å². The Morgan fingerprint density at radius 1 is 1.08 bits per heavy atom. The van der Waals surface area contributed by atoms with E-state index in [1.165, 1.54) is 25.7 Å². The first-order valence-electron chi connectivity index (χ1n) is 9.53. The number of anilines is 1. The fraction of sp³-hybridized carbons (Fsp3) is 0.500. The Morgan fingerprint density at radius 3 is 2.62 bits per heavy atom. The standard InChI is InChI=1S/C20H25N5O/c1-15-22-18-8-12-25(20(26)16-7-6-9-21-13-16)14-17(18)19(23-15)24-10-4-2-3-5-11-24/h6-7,9,13H,2-5,8,10-12,14H2,1H3. The second-order valence-electron chi connectivity index (χ2n) is 7.14. The van der Waals surface area contributed by atoms with Crippen molar-refractivity contribution in [1.29, 1.82) is 0 Å². The maximum Gasteiger partial charge on any atom is 0.255 e. The first-order chi connectivity index (χ1) is 12.7. The van der Waals surface area contributed by atoms with Gasteiger partial charge in [-0.1, -0.05) is 12.8 Å². The van der Waals surface area contributed by atoms with E-state index in [9.17, 15) is 4.79 Å². The third-order valence-corrected chi connectivity index (χ3v) is 5.25. The van der Waals surface area contributed by atoms with E-state index in [-0.39, 0.29) is 5.91 Å². The van der Waals surface area contributed by atoms with Crippen LogP contribution in [0.3, 0.4) is 0 Å². The van der Waals surface area contributed by atoms with Crippen LogP contribution in [0.25, 0.3) is 0 Å². The highest BCUT2D eigenvalue weighted by atomic mass is 16.2. The van der Waals surface area contributed by atoms with Crippen molar-refractivity contribution in [3.63, 3.8) is 0 Å². The number of carbonyl (C=O) groups excluding carboxylic acids is 1. The number of pyridine rings is 1. The van der Waals surface area contributed by atoms with Gasteiger partial charge in [0.25, 0.3) is 5.91 Å². The SMILES string of the molecule is Cc1nc2c(c(N3CCCCCC3)n1)CN(C(=O)c1cccnc1)CC2. The minimum Gasteiger partial charge on any atom is -0.356 e. The zero-order chi connectivity index (χ0) is 17.9. The van der Waals surface area contributed by atoms with Crippen LogP contribution >= 0.6 is 0 Å². The molecule has 6 heteroatoms. The summed E-state index contributed by atoms with van der Waals surface area (Å²) in [5.74, 6) is 1.90. The lowest BCUT2D eigenvalue weighted by molar-refractivity contribution is 0.0733. The molecule has 0 radical (unpaired) electrons. The van der Waals surface area contributed by atoms with E-state index in [1.807, 2.05) is 17.9 Å². The highest BCUT2D eigenvalue weighted by Crippen LogP contribution is 2.29. The van der Waals surface area contributed by atoms with Crippen molar-refractivity contribution in [2.24, 2.45) is 0 Å². The lowest BCUT2D eigenvalue weighted by Gasteiger charge is -2.32. The molecule has 0 spiro atoms. The molecule has 0 bridgehead atoms. The lowest BCUT2D eigenvalue weighted by Crippen LogP contribution is -2.38. The summed E-state index contributed by atoms with van der Waals surface area (Å²) in [7, 11) is 0. The highest BCUT2D eigenvalue weighted by molar-refractivity contribution is 5.94. The Kier molecular flexibility index (Phi) is 4.82. The van der Waals surface area contributed by atoms with Crippen LogP contribution in [0.5, 0.6) is 0 Å². The summed E-state index contributed by atoms with van der Waals surface area (Å²) in [6, 6.07) is 3.63. The van der Waals surface area contributed by atoms with Crippen LogP contribution < -0.4 is 4.90 Å². The quantitative estimate of drug-likeness (QED) is 0.832. The maximum absolute atomic E-state index is 12.9. The van der Waals surface area contributed by atoms with Crippen LogP contribution in [-0.4, -0.2) is 45.4 Å². The van der Waals surface area contributed by atoms with Gasteiger partial charge in [0.05, 0.1) is 17.8 Å². The molecule has 1 saturated heterocycles.